The maximum atomic E-state index is 12.0. The van der Waals surface area contributed by atoms with E-state index in [1.165, 1.54) is 6.26 Å². The molecule has 2 rings (SSSR count). The number of nitrogen functional groups attached to an aromatic ring is 1. The van der Waals surface area contributed by atoms with Crippen LogP contribution >= 0.6 is 0 Å². The Bertz CT molecular complexity index is 541. The van der Waals surface area contributed by atoms with Crippen LogP contribution in [0, 0.1) is 13.8 Å². The molecule has 0 aliphatic carbocycles. The Hall–Kier alpha value is -2.03. The summed E-state index contributed by atoms with van der Waals surface area (Å²) in [6.07, 6.45) is 1.48. The van der Waals surface area contributed by atoms with E-state index in [0.717, 1.165) is 11.3 Å². The highest BCUT2D eigenvalue weighted by atomic mass is 16.3. The minimum Gasteiger partial charge on any atom is -0.469 e. The number of ketones is 1. The lowest BCUT2D eigenvalue weighted by Gasteiger charge is -2.02. The van der Waals surface area contributed by atoms with Crippen LogP contribution in [0.4, 0.5) is 5.69 Å². The molecule has 0 unspecified atom stereocenters. The first kappa shape index (κ1) is 10.5. The van der Waals surface area contributed by atoms with Crippen molar-refractivity contribution in [2.24, 2.45) is 0 Å². The maximum absolute atomic E-state index is 12.0. The second kappa shape index (κ2) is 3.85. The summed E-state index contributed by atoms with van der Waals surface area (Å²) in [6.45, 7) is 3.69. The van der Waals surface area contributed by atoms with Crippen molar-refractivity contribution in [2.75, 3.05) is 5.73 Å². The monoisotopic (exact) mass is 215 g/mol. The first-order chi connectivity index (χ1) is 7.58. The Morgan fingerprint density at radius 2 is 1.94 bits per heavy atom. The van der Waals surface area contributed by atoms with E-state index in [1.807, 2.05) is 13.8 Å². The van der Waals surface area contributed by atoms with E-state index in [9.17, 15) is 4.79 Å². The second-order valence-electron chi connectivity index (χ2n) is 3.85. The number of furan rings is 1. The highest BCUT2D eigenvalue weighted by molar-refractivity contribution is 6.09. The fraction of sp³-hybridized carbons (Fsp3) is 0.154. The quantitative estimate of drug-likeness (QED) is 0.619. The van der Waals surface area contributed by atoms with Crippen molar-refractivity contribution in [1.82, 2.24) is 0 Å². The molecular weight excluding hydrogens is 202 g/mol. The third-order valence-corrected chi connectivity index (χ3v) is 2.52. The van der Waals surface area contributed by atoms with Gasteiger partial charge in [-0.1, -0.05) is 0 Å². The molecule has 0 amide bonds. The zero-order valence-corrected chi connectivity index (χ0v) is 9.28. The third-order valence-electron chi connectivity index (χ3n) is 2.52. The van der Waals surface area contributed by atoms with Crippen molar-refractivity contribution in [2.45, 2.75) is 13.8 Å². The van der Waals surface area contributed by atoms with Gasteiger partial charge in [0.1, 0.15) is 12.0 Å². The van der Waals surface area contributed by atoms with E-state index >= 15 is 0 Å². The number of benzene rings is 1. The van der Waals surface area contributed by atoms with Gasteiger partial charge in [-0.05, 0) is 43.7 Å². The lowest BCUT2D eigenvalue weighted by molar-refractivity contribution is 0.103. The summed E-state index contributed by atoms with van der Waals surface area (Å²) < 4.78 is 5.12. The van der Waals surface area contributed by atoms with Crippen LogP contribution in [0.3, 0.4) is 0 Å². The molecule has 0 radical (unpaired) electrons. The molecule has 3 nitrogen and oxygen atoms in total. The average Bonchev–Trinajstić information content (AvgIpc) is 2.68. The first-order valence-corrected chi connectivity index (χ1v) is 5.04. The summed E-state index contributed by atoms with van der Waals surface area (Å²) in [5.74, 6) is 0.690. The van der Waals surface area contributed by atoms with Crippen LogP contribution in [-0.4, -0.2) is 5.78 Å². The molecule has 0 spiro atoms. The van der Waals surface area contributed by atoms with Crippen molar-refractivity contribution < 1.29 is 9.21 Å². The Morgan fingerprint density at radius 3 is 2.50 bits per heavy atom. The molecule has 0 atom stereocenters. The van der Waals surface area contributed by atoms with Crippen LogP contribution < -0.4 is 5.73 Å². The van der Waals surface area contributed by atoms with Crippen LogP contribution in [0.1, 0.15) is 27.2 Å². The lowest BCUT2D eigenvalue weighted by atomic mass is 10.0. The fourth-order valence-electron chi connectivity index (χ4n) is 1.55. The number of carbonyl (C=O) groups is 1. The van der Waals surface area contributed by atoms with Crippen LogP contribution in [0.2, 0.25) is 0 Å². The smallest absolute Gasteiger partial charge is 0.196 e. The number of rotatable bonds is 2. The molecule has 0 saturated carbocycles. The predicted octanol–water partition coefficient (Wildman–Crippen LogP) is 2.71. The molecule has 0 aliphatic rings. The highest BCUT2D eigenvalue weighted by Crippen LogP contribution is 2.17. The van der Waals surface area contributed by atoms with Gasteiger partial charge in [-0.15, -0.1) is 0 Å². The standard InChI is InChI=1S/C13H13NO2/c1-8-5-10(3-4-12(8)14)13(15)11-6-9(2)16-7-11/h3-7H,14H2,1-2H3. The van der Waals surface area contributed by atoms with Crippen LogP contribution in [0.5, 0.6) is 0 Å². The van der Waals surface area contributed by atoms with Gasteiger partial charge in [0, 0.05) is 11.3 Å². The molecule has 2 aromatic rings. The molecule has 2 N–H and O–H groups in total. The fourth-order valence-corrected chi connectivity index (χ4v) is 1.55. The molecule has 0 aliphatic heterocycles. The molecule has 82 valence electrons. The number of anilines is 1. The van der Waals surface area contributed by atoms with Gasteiger partial charge in [-0.3, -0.25) is 4.79 Å². The first-order valence-electron chi connectivity index (χ1n) is 5.04. The van der Waals surface area contributed by atoms with Gasteiger partial charge in [0.2, 0.25) is 0 Å². The second-order valence-corrected chi connectivity index (χ2v) is 3.85. The van der Waals surface area contributed by atoms with Gasteiger partial charge in [-0.2, -0.15) is 0 Å². The Morgan fingerprint density at radius 1 is 1.19 bits per heavy atom. The van der Waals surface area contributed by atoms with Crippen LogP contribution in [-0.2, 0) is 0 Å². The molecule has 1 aromatic carbocycles. The van der Waals surface area contributed by atoms with E-state index in [0.29, 0.717) is 16.8 Å². The molecule has 0 saturated heterocycles. The van der Waals surface area contributed by atoms with Crippen LogP contribution in [0.25, 0.3) is 0 Å². The average molecular weight is 215 g/mol. The number of hydrogen-bond acceptors (Lipinski definition) is 3. The maximum Gasteiger partial charge on any atom is 0.196 e. The van der Waals surface area contributed by atoms with Crippen molar-refractivity contribution >= 4 is 11.5 Å². The van der Waals surface area contributed by atoms with E-state index in [2.05, 4.69) is 0 Å². The zero-order chi connectivity index (χ0) is 11.7. The summed E-state index contributed by atoms with van der Waals surface area (Å²) in [4.78, 5) is 12.0. The zero-order valence-electron chi connectivity index (χ0n) is 9.28. The van der Waals surface area contributed by atoms with E-state index in [1.54, 1.807) is 24.3 Å². The van der Waals surface area contributed by atoms with Crippen molar-refractivity contribution in [3.8, 4) is 0 Å². The van der Waals surface area contributed by atoms with Gasteiger partial charge in [0.15, 0.2) is 5.78 Å². The third kappa shape index (κ3) is 1.84. The van der Waals surface area contributed by atoms with Gasteiger partial charge < -0.3 is 10.2 Å². The SMILES string of the molecule is Cc1cc(C(=O)c2ccc(N)c(C)c2)co1. The Balaban J connectivity index is 2.38. The number of hydrogen-bond donors (Lipinski definition) is 1. The molecule has 0 bridgehead atoms. The van der Waals surface area contributed by atoms with Gasteiger partial charge >= 0.3 is 0 Å². The minimum atomic E-state index is -0.0417. The molecule has 1 aromatic heterocycles. The van der Waals surface area contributed by atoms with E-state index in [-0.39, 0.29) is 5.78 Å². The summed E-state index contributed by atoms with van der Waals surface area (Å²) >= 11 is 0. The van der Waals surface area contributed by atoms with Gasteiger partial charge in [-0.25, -0.2) is 0 Å². The van der Waals surface area contributed by atoms with E-state index in [4.69, 9.17) is 10.2 Å². The van der Waals surface area contributed by atoms with Crippen molar-refractivity contribution in [3.63, 3.8) is 0 Å². The number of nitrogens with two attached hydrogens (primary N) is 1. The molecule has 16 heavy (non-hydrogen) atoms. The molecule has 0 fully saturated rings. The summed E-state index contributed by atoms with van der Waals surface area (Å²) in [5.41, 5.74) is 8.51. The lowest BCUT2D eigenvalue weighted by Crippen LogP contribution is -2.01. The largest absolute Gasteiger partial charge is 0.469 e. The number of carbonyl (C=O) groups excluding carboxylic acids is 1. The number of aryl methyl sites for hydroxylation is 2. The summed E-state index contributed by atoms with van der Waals surface area (Å²) in [7, 11) is 0. The minimum absolute atomic E-state index is 0.0417. The van der Waals surface area contributed by atoms with Crippen molar-refractivity contribution in [3.05, 3.63) is 53.0 Å². The highest BCUT2D eigenvalue weighted by Gasteiger charge is 2.11. The van der Waals surface area contributed by atoms with Crippen LogP contribution in [0.15, 0.2) is 34.9 Å². The van der Waals surface area contributed by atoms with Crippen molar-refractivity contribution in [1.29, 1.82) is 0 Å². The Kier molecular flexibility index (Phi) is 2.52. The molecular formula is C13H13NO2. The molecule has 1 heterocycles. The topological polar surface area (TPSA) is 56.2 Å². The van der Waals surface area contributed by atoms with Gasteiger partial charge in [0.05, 0.1) is 5.56 Å². The van der Waals surface area contributed by atoms with E-state index < -0.39 is 0 Å². The summed E-state index contributed by atoms with van der Waals surface area (Å²) in [5, 5.41) is 0. The summed E-state index contributed by atoms with van der Waals surface area (Å²) in [6, 6.07) is 7.00. The normalized spacial score (nSPS) is 10.4. The predicted molar refractivity (Wildman–Crippen MR) is 62.5 cm³/mol. The molecule has 3 heteroatoms. The Labute approximate surface area is 93.9 Å². The van der Waals surface area contributed by atoms with Gasteiger partial charge in [0.25, 0.3) is 0 Å².